The summed E-state index contributed by atoms with van der Waals surface area (Å²) in [5.74, 6) is 0.838. The van der Waals surface area contributed by atoms with Crippen molar-refractivity contribution in [1.29, 1.82) is 0 Å². The predicted octanol–water partition coefficient (Wildman–Crippen LogP) is 1.85. The van der Waals surface area contributed by atoms with Gasteiger partial charge in [0.2, 0.25) is 0 Å². The number of rotatable bonds is 1. The van der Waals surface area contributed by atoms with E-state index in [-0.39, 0.29) is 0 Å². The van der Waals surface area contributed by atoms with Crippen molar-refractivity contribution in [3.8, 4) is 0 Å². The summed E-state index contributed by atoms with van der Waals surface area (Å²) in [4.78, 5) is 4.17. The van der Waals surface area contributed by atoms with Gasteiger partial charge in [-0.1, -0.05) is 12.1 Å². The standard InChI is InChI=1S/C12H14N2/c1-2-10(8-13-6-1)11-4-3-9-5-7-14-12(9)11/h1-2,4,6,8-9,12,14H,3,5,7H2. The Labute approximate surface area is 84.1 Å². The van der Waals surface area contributed by atoms with Gasteiger partial charge in [0.15, 0.2) is 0 Å². The highest BCUT2D eigenvalue weighted by Crippen LogP contribution is 2.36. The number of hydrogen-bond acceptors (Lipinski definition) is 2. The zero-order valence-corrected chi connectivity index (χ0v) is 8.11. The summed E-state index contributed by atoms with van der Waals surface area (Å²) in [6.45, 7) is 1.17. The Morgan fingerprint density at radius 1 is 1.43 bits per heavy atom. The lowest BCUT2D eigenvalue weighted by Gasteiger charge is -2.14. The zero-order chi connectivity index (χ0) is 9.38. The SMILES string of the molecule is C1=C(c2cccnc2)C2NCCC2C1. The molecule has 1 saturated heterocycles. The van der Waals surface area contributed by atoms with Crippen molar-refractivity contribution in [2.75, 3.05) is 6.54 Å². The quantitative estimate of drug-likeness (QED) is 0.724. The van der Waals surface area contributed by atoms with Crippen LogP contribution in [0, 0.1) is 5.92 Å². The molecule has 3 rings (SSSR count). The second-order valence-corrected chi connectivity index (χ2v) is 4.12. The molecule has 1 aromatic heterocycles. The lowest BCUT2D eigenvalue weighted by atomic mass is 9.97. The molecule has 1 N–H and O–H groups in total. The Hall–Kier alpha value is -1.15. The smallest absolute Gasteiger partial charge is 0.0355 e. The molecule has 0 spiro atoms. The minimum absolute atomic E-state index is 0.596. The van der Waals surface area contributed by atoms with Gasteiger partial charge in [-0.3, -0.25) is 4.98 Å². The van der Waals surface area contributed by atoms with E-state index in [9.17, 15) is 0 Å². The van der Waals surface area contributed by atoms with Crippen molar-refractivity contribution in [3.63, 3.8) is 0 Å². The highest BCUT2D eigenvalue weighted by Gasteiger charge is 2.33. The average molecular weight is 186 g/mol. The minimum atomic E-state index is 0.596. The van der Waals surface area contributed by atoms with Crippen LogP contribution in [0.2, 0.25) is 0 Å². The second-order valence-electron chi connectivity index (χ2n) is 4.12. The third kappa shape index (κ3) is 1.18. The lowest BCUT2D eigenvalue weighted by molar-refractivity contribution is 0.557. The second kappa shape index (κ2) is 3.21. The fraction of sp³-hybridized carbons (Fsp3) is 0.417. The first-order valence-electron chi connectivity index (χ1n) is 5.29. The molecule has 2 heteroatoms. The summed E-state index contributed by atoms with van der Waals surface area (Å²) >= 11 is 0. The van der Waals surface area contributed by atoms with Gasteiger partial charge in [0.25, 0.3) is 0 Å². The van der Waals surface area contributed by atoms with Crippen LogP contribution in [0.15, 0.2) is 30.6 Å². The maximum atomic E-state index is 4.17. The molecule has 14 heavy (non-hydrogen) atoms. The van der Waals surface area contributed by atoms with Crippen LogP contribution in [0.1, 0.15) is 18.4 Å². The fourth-order valence-corrected chi connectivity index (χ4v) is 2.61. The molecule has 2 heterocycles. The van der Waals surface area contributed by atoms with E-state index >= 15 is 0 Å². The van der Waals surface area contributed by atoms with Crippen molar-refractivity contribution in [2.45, 2.75) is 18.9 Å². The van der Waals surface area contributed by atoms with Crippen LogP contribution in [0.4, 0.5) is 0 Å². The summed E-state index contributed by atoms with van der Waals surface area (Å²) in [6.07, 6.45) is 8.73. The molecule has 0 bridgehead atoms. The molecule has 0 radical (unpaired) electrons. The number of nitrogens with one attached hydrogen (secondary N) is 1. The van der Waals surface area contributed by atoms with Gasteiger partial charge >= 0.3 is 0 Å². The molecule has 2 atom stereocenters. The number of fused-ring (bicyclic) bond motifs is 1. The molecule has 72 valence electrons. The van der Waals surface area contributed by atoms with Gasteiger partial charge in [-0.15, -0.1) is 0 Å². The Morgan fingerprint density at radius 3 is 3.29 bits per heavy atom. The van der Waals surface area contributed by atoms with Crippen LogP contribution >= 0.6 is 0 Å². The zero-order valence-electron chi connectivity index (χ0n) is 8.11. The van der Waals surface area contributed by atoms with Crippen molar-refractivity contribution in [1.82, 2.24) is 10.3 Å². The predicted molar refractivity (Wildman–Crippen MR) is 56.7 cm³/mol. The molecule has 1 fully saturated rings. The van der Waals surface area contributed by atoms with E-state index < -0.39 is 0 Å². The molecule has 1 aliphatic carbocycles. The summed E-state index contributed by atoms with van der Waals surface area (Å²) in [7, 11) is 0. The van der Waals surface area contributed by atoms with E-state index in [1.807, 2.05) is 18.5 Å². The number of hydrogen-bond donors (Lipinski definition) is 1. The number of pyridine rings is 1. The topological polar surface area (TPSA) is 24.9 Å². The number of aromatic nitrogens is 1. The van der Waals surface area contributed by atoms with Gasteiger partial charge in [0.1, 0.15) is 0 Å². The maximum absolute atomic E-state index is 4.17. The summed E-state index contributed by atoms with van der Waals surface area (Å²) in [5, 5.41) is 3.57. The van der Waals surface area contributed by atoms with E-state index in [0.29, 0.717) is 6.04 Å². The molecule has 0 aromatic carbocycles. The van der Waals surface area contributed by atoms with Gasteiger partial charge in [0.05, 0.1) is 0 Å². The van der Waals surface area contributed by atoms with E-state index in [1.165, 1.54) is 30.5 Å². The minimum Gasteiger partial charge on any atom is -0.310 e. The average Bonchev–Trinajstić information content (AvgIpc) is 2.79. The molecule has 2 nitrogen and oxygen atoms in total. The highest BCUT2D eigenvalue weighted by molar-refractivity contribution is 5.71. The van der Waals surface area contributed by atoms with Crippen molar-refractivity contribution >= 4 is 5.57 Å². The van der Waals surface area contributed by atoms with Crippen LogP contribution in [-0.2, 0) is 0 Å². The Balaban J connectivity index is 1.93. The van der Waals surface area contributed by atoms with Gasteiger partial charge in [-0.25, -0.2) is 0 Å². The monoisotopic (exact) mass is 186 g/mol. The van der Waals surface area contributed by atoms with Crippen molar-refractivity contribution in [2.24, 2.45) is 5.92 Å². The van der Waals surface area contributed by atoms with E-state index in [4.69, 9.17) is 0 Å². The van der Waals surface area contributed by atoms with E-state index in [0.717, 1.165) is 5.92 Å². The molecule has 0 saturated carbocycles. The fourth-order valence-electron chi connectivity index (χ4n) is 2.61. The normalized spacial score (nSPS) is 30.1. The number of nitrogens with zero attached hydrogens (tertiary/aromatic N) is 1. The molecule has 1 aliphatic heterocycles. The highest BCUT2D eigenvalue weighted by atomic mass is 15.0. The summed E-state index contributed by atoms with van der Waals surface area (Å²) in [6, 6.07) is 4.76. The van der Waals surface area contributed by atoms with Gasteiger partial charge in [0, 0.05) is 18.4 Å². The largest absolute Gasteiger partial charge is 0.310 e. The van der Waals surface area contributed by atoms with Gasteiger partial charge < -0.3 is 5.32 Å². The molecule has 1 aromatic rings. The molecule has 0 amide bonds. The van der Waals surface area contributed by atoms with Crippen LogP contribution < -0.4 is 5.32 Å². The van der Waals surface area contributed by atoms with Crippen molar-refractivity contribution < 1.29 is 0 Å². The van der Waals surface area contributed by atoms with Crippen LogP contribution in [0.3, 0.4) is 0 Å². The Morgan fingerprint density at radius 2 is 2.43 bits per heavy atom. The Kier molecular flexibility index (Phi) is 1.88. The first kappa shape index (κ1) is 8.18. The third-order valence-electron chi connectivity index (χ3n) is 3.32. The first-order valence-corrected chi connectivity index (χ1v) is 5.29. The Bertz CT molecular complexity index is 356. The first-order chi connectivity index (χ1) is 6.95. The third-order valence-corrected chi connectivity index (χ3v) is 3.32. The molecule has 2 aliphatic rings. The van der Waals surface area contributed by atoms with Crippen LogP contribution in [0.25, 0.3) is 5.57 Å². The van der Waals surface area contributed by atoms with Gasteiger partial charge in [-0.05, 0) is 42.5 Å². The molecular formula is C12H14N2. The summed E-state index contributed by atoms with van der Waals surface area (Å²) < 4.78 is 0. The van der Waals surface area contributed by atoms with E-state index in [1.54, 1.807) is 0 Å². The van der Waals surface area contributed by atoms with E-state index in [2.05, 4.69) is 22.4 Å². The lowest BCUT2D eigenvalue weighted by Crippen LogP contribution is -2.24. The van der Waals surface area contributed by atoms with Crippen molar-refractivity contribution in [3.05, 3.63) is 36.2 Å². The summed E-state index contributed by atoms with van der Waals surface area (Å²) in [5.41, 5.74) is 2.75. The van der Waals surface area contributed by atoms with Crippen LogP contribution in [-0.4, -0.2) is 17.6 Å². The van der Waals surface area contributed by atoms with Crippen LogP contribution in [0.5, 0.6) is 0 Å². The maximum Gasteiger partial charge on any atom is 0.0355 e. The number of allylic oxidation sites excluding steroid dienone is 1. The molecular weight excluding hydrogens is 172 g/mol. The van der Waals surface area contributed by atoms with Gasteiger partial charge in [-0.2, -0.15) is 0 Å². The molecule has 2 unspecified atom stereocenters.